The summed E-state index contributed by atoms with van der Waals surface area (Å²) >= 11 is 0. The third-order valence-corrected chi connectivity index (χ3v) is 1.41. The molecule has 12 heavy (non-hydrogen) atoms. The van der Waals surface area contributed by atoms with Gasteiger partial charge in [-0.25, -0.2) is 4.98 Å². The second-order valence-corrected chi connectivity index (χ2v) is 2.45. The van der Waals surface area contributed by atoms with E-state index in [0.29, 0.717) is 18.3 Å². The maximum absolute atomic E-state index is 5.49. The van der Waals surface area contributed by atoms with Gasteiger partial charge in [0.05, 0.1) is 0 Å². The Balaban J connectivity index is 2.80. The summed E-state index contributed by atoms with van der Waals surface area (Å²) < 4.78 is 0. The Hall–Kier alpha value is -1.58. The van der Waals surface area contributed by atoms with Crippen LogP contribution < -0.4 is 10.6 Å². The predicted octanol–water partition coefficient (Wildman–Crippen LogP) is 0.681. The molecular weight excluding hydrogens is 152 g/mol. The minimum atomic E-state index is 0.482. The molecule has 64 valence electrons. The van der Waals surface area contributed by atoms with Crippen LogP contribution in [0.2, 0.25) is 0 Å². The van der Waals surface area contributed by atoms with Gasteiger partial charge in [-0.3, -0.25) is 0 Å². The number of aromatic nitrogens is 2. The summed E-state index contributed by atoms with van der Waals surface area (Å²) in [6, 6.07) is 1.66. The largest absolute Gasteiger partial charge is 0.384 e. The number of nitrogen functional groups attached to an aromatic ring is 1. The van der Waals surface area contributed by atoms with Crippen LogP contribution in [0.25, 0.3) is 0 Å². The van der Waals surface area contributed by atoms with Crippen molar-refractivity contribution in [2.45, 2.75) is 0 Å². The topological polar surface area (TPSA) is 55.0 Å². The van der Waals surface area contributed by atoms with Crippen molar-refractivity contribution in [1.82, 2.24) is 9.97 Å². The lowest BCUT2D eigenvalue weighted by Crippen LogP contribution is -2.19. The summed E-state index contributed by atoms with van der Waals surface area (Å²) in [5, 5.41) is 0. The highest BCUT2D eigenvalue weighted by Crippen LogP contribution is 2.05. The second-order valence-electron chi connectivity index (χ2n) is 2.45. The van der Waals surface area contributed by atoms with Gasteiger partial charge < -0.3 is 10.6 Å². The molecule has 0 aliphatic rings. The lowest BCUT2D eigenvalue weighted by Gasteiger charge is -2.13. The highest BCUT2D eigenvalue weighted by Gasteiger charge is 2.00. The van der Waals surface area contributed by atoms with E-state index in [2.05, 4.69) is 16.5 Å². The molecule has 0 unspecified atom stereocenters. The number of nitrogens with zero attached hydrogens (tertiary/aromatic N) is 3. The van der Waals surface area contributed by atoms with Gasteiger partial charge in [0, 0.05) is 19.8 Å². The van der Waals surface area contributed by atoms with Gasteiger partial charge in [-0.1, -0.05) is 6.08 Å². The molecule has 0 saturated heterocycles. The fourth-order valence-corrected chi connectivity index (χ4v) is 0.821. The van der Waals surface area contributed by atoms with Crippen LogP contribution in [0.4, 0.5) is 11.8 Å². The zero-order valence-electron chi connectivity index (χ0n) is 7.07. The first-order chi connectivity index (χ1) is 5.74. The number of hydrogen-bond acceptors (Lipinski definition) is 4. The predicted molar refractivity (Wildman–Crippen MR) is 49.9 cm³/mol. The first kappa shape index (κ1) is 8.52. The number of anilines is 2. The van der Waals surface area contributed by atoms with Gasteiger partial charge >= 0.3 is 0 Å². The molecule has 0 aliphatic heterocycles. The van der Waals surface area contributed by atoms with E-state index in [0.717, 1.165) is 0 Å². The lowest BCUT2D eigenvalue weighted by molar-refractivity contribution is 0.945. The molecule has 0 radical (unpaired) electrons. The Bertz CT molecular complexity index is 272. The first-order valence-electron chi connectivity index (χ1n) is 3.64. The number of hydrogen-bond donors (Lipinski definition) is 1. The molecule has 1 rings (SSSR count). The molecular formula is C8H12N4. The smallest absolute Gasteiger partial charge is 0.227 e. The van der Waals surface area contributed by atoms with Crippen LogP contribution in [0, 0.1) is 0 Å². The molecule has 0 aromatic carbocycles. The minimum Gasteiger partial charge on any atom is -0.384 e. The normalized spacial score (nSPS) is 9.42. The van der Waals surface area contributed by atoms with E-state index in [1.54, 1.807) is 18.3 Å². The van der Waals surface area contributed by atoms with Gasteiger partial charge in [-0.05, 0) is 6.07 Å². The molecule has 0 bridgehead atoms. The lowest BCUT2D eigenvalue weighted by atomic mass is 10.5. The third-order valence-electron chi connectivity index (χ3n) is 1.41. The average Bonchev–Trinajstić information content (AvgIpc) is 2.05. The van der Waals surface area contributed by atoms with Crippen LogP contribution in [0.1, 0.15) is 0 Å². The maximum Gasteiger partial charge on any atom is 0.227 e. The number of nitrogens with two attached hydrogens (primary N) is 1. The fraction of sp³-hybridized carbons (Fsp3) is 0.250. The molecule has 0 fully saturated rings. The maximum atomic E-state index is 5.49. The highest BCUT2D eigenvalue weighted by molar-refractivity contribution is 5.37. The van der Waals surface area contributed by atoms with Gasteiger partial charge in [0.2, 0.25) is 5.95 Å². The van der Waals surface area contributed by atoms with Crippen molar-refractivity contribution >= 4 is 11.8 Å². The Morgan fingerprint density at radius 1 is 1.75 bits per heavy atom. The van der Waals surface area contributed by atoms with Gasteiger partial charge in [0.1, 0.15) is 5.82 Å². The van der Waals surface area contributed by atoms with E-state index >= 15 is 0 Å². The van der Waals surface area contributed by atoms with Gasteiger partial charge in [0.25, 0.3) is 0 Å². The van der Waals surface area contributed by atoms with Crippen LogP contribution in [-0.4, -0.2) is 23.6 Å². The minimum absolute atomic E-state index is 0.482. The van der Waals surface area contributed by atoms with Crippen molar-refractivity contribution in [2.24, 2.45) is 0 Å². The molecule has 1 heterocycles. The Kier molecular flexibility index (Phi) is 2.63. The molecule has 4 heteroatoms. The Morgan fingerprint density at radius 3 is 3.08 bits per heavy atom. The molecule has 1 aromatic heterocycles. The van der Waals surface area contributed by atoms with Gasteiger partial charge in [0.15, 0.2) is 0 Å². The van der Waals surface area contributed by atoms with E-state index < -0.39 is 0 Å². The highest BCUT2D eigenvalue weighted by atomic mass is 15.2. The molecule has 0 atom stereocenters. The van der Waals surface area contributed by atoms with Crippen LogP contribution >= 0.6 is 0 Å². The van der Waals surface area contributed by atoms with E-state index in [4.69, 9.17) is 5.73 Å². The molecule has 1 aromatic rings. The van der Waals surface area contributed by atoms with Gasteiger partial charge in [-0.15, -0.1) is 6.58 Å². The zero-order valence-corrected chi connectivity index (χ0v) is 7.07. The summed E-state index contributed by atoms with van der Waals surface area (Å²) in [7, 11) is 1.89. The fourth-order valence-electron chi connectivity index (χ4n) is 0.821. The van der Waals surface area contributed by atoms with Crippen molar-refractivity contribution < 1.29 is 0 Å². The van der Waals surface area contributed by atoms with E-state index in [9.17, 15) is 0 Å². The average molecular weight is 164 g/mol. The van der Waals surface area contributed by atoms with Crippen molar-refractivity contribution in [3.8, 4) is 0 Å². The van der Waals surface area contributed by atoms with Gasteiger partial charge in [-0.2, -0.15) is 4.98 Å². The summed E-state index contributed by atoms with van der Waals surface area (Å²) in [5.74, 6) is 1.10. The summed E-state index contributed by atoms with van der Waals surface area (Å²) in [4.78, 5) is 9.95. The molecule has 0 aliphatic carbocycles. The SMILES string of the molecule is C=CCN(C)c1nccc(N)n1. The van der Waals surface area contributed by atoms with Crippen LogP contribution in [0.5, 0.6) is 0 Å². The number of likely N-dealkylation sites (N-methyl/N-ethyl adjacent to an activating group) is 1. The quantitative estimate of drug-likeness (QED) is 0.667. The molecule has 0 saturated carbocycles. The monoisotopic (exact) mass is 164 g/mol. The summed E-state index contributed by atoms with van der Waals surface area (Å²) in [6.07, 6.45) is 3.42. The van der Waals surface area contributed by atoms with Crippen molar-refractivity contribution in [2.75, 3.05) is 24.2 Å². The van der Waals surface area contributed by atoms with Crippen molar-refractivity contribution in [3.05, 3.63) is 24.9 Å². The van der Waals surface area contributed by atoms with Crippen LogP contribution in [0.3, 0.4) is 0 Å². The summed E-state index contributed by atoms with van der Waals surface area (Å²) in [6.45, 7) is 4.33. The zero-order chi connectivity index (χ0) is 8.97. The van der Waals surface area contributed by atoms with Crippen LogP contribution in [0.15, 0.2) is 24.9 Å². The Labute approximate surface area is 71.7 Å². The van der Waals surface area contributed by atoms with Crippen LogP contribution in [-0.2, 0) is 0 Å². The molecule has 0 spiro atoms. The molecule has 0 amide bonds. The summed E-state index contributed by atoms with van der Waals surface area (Å²) in [5.41, 5.74) is 5.49. The standard InChI is InChI=1S/C8H12N4/c1-3-6-12(2)8-10-5-4-7(9)11-8/h3-5H,1,6H2,2H3,(H2,9,10,11). The first-order valence-corrected chi connectivity index (χ1v) is 3.64. The van der Waals surface area contributed by atoms with Crippen molar-refractivity contribution in [1.29, 1.82) is 0 Å². The Morgan fingerprint density at radius 2 is 2.50 bits per heavy atom. The molecule has 4 nitrogen and oxygen atoms in total. The molecule has 2 N–H and O–H groups in total. The third kappa shape index (κ3) is 1.95. The van der Waals surface area contributed by atoms with E-state index in [1.165, 1.54) is 0 Å². The second kappa shape index (κ2) is 3.71. The van der Waals surface area contributed by atoms with E-state index in [1.807, 2.05) is 11.9 Å². The number of rotatable bonds is 3. The van der Waals surface area contributed by atoms with E-state index in [-0.39, 0.29) is 0 Å². The van der Waals surface area contributed by atoms with Crippen molar-refractivity contribution in [3.63, 3.8) is 0 Å².